The van der Waals surface area contributed by atoms with Crippen LogP contribution in [-0.4, -0.2) is 60.5 Å². The van der Waals surface area contributed by atoms with Crippen molar-refractivity contribution in [1.29, 1.82) is 0 Å². The Kier molecular flexibility index (Phi) is 42.3. The number of hydrogen-bond donors (Lipinski definition) is 3. The lowest BCUT2D eigenvalue weighted by Gasteiger charge is -2.20. The predicted molar refractivity (Wildman–Crippen MR) is 236 cm³/mol. The molecule has 0 amide bonds. The van der Waals surface area contributed by atoms with Crippen LogP contribution in [0.5, 0.6) is 0 Å². The number of ether oxygens (including phenoxy) is 2. The third-order valence-corrected chi connectivity index (χ3v) is 11.8. The molecule has 0 aliphatic rings. The van der Waals surface area contributed by atoms with E-state index in [1.54, 1.807) is 0 Å². The molecule has 0 rings (SSSR count). The molecule has 10 nitrogen and oxygen atoms in total. The standard InChI is InChI=1S/C46H92NO9P/c1-3-5-7-9-11-13-15-17-18-19-20-21-22-23-24-25-26-27-29-31-33-35-37-39-53-40-43(41-54-57(51,52)55-42-44(47)46(49)50)56-45(48)38-36-34-32-30-28-16-14-12-10-8-6-4-2/h43-44H,3-42,47H2,1-2H3,(H,49,50)(H,51,52). The van der Waals surface area contributed by atoms with Crippen molar-refractivity contribution in [3.63, 3.8) is 0 Å². The van der Waals surface area contributed by atoms with E-state index in [-0.39, 0.29) is 13.0 Å². The topological polar surface area (TPSA) is 155 Å². The summed E-state index contributed by atoms with van der Waals surface area (Å²) in [6.07, 6.45) is 44.5. The van der Waals surface area contributed by atoms with Gasteiger partial charge in [0.25, 0.3) is 0 Å². The Balaban J connectivity index is 4.03. The monoisotopic (exact) mass is 834 g/mol. The van der Waals surface area contributed by atoms with Gasteiger partial charge in [-0.1, -0.05) is 226 Å². The van der Waals surface area contributed by atoms with Crippen LogP contribution < -0.4 is 5.73 Å². The first-order valence-corrected chi connectivity index (χ1v) is 25.6. The van der Waals surface area contributed by atoms with Crippen LogP contribution in [-0.2, 0) is 32.7 Å². The number of carbonyl (C=O) groups is 2. The minimum atomic E-state index is -4.61. The number of phosphoric acid groups is 1. The summed E-state index contributed by atoms with van der Waals surface area (Å²) in [5.74, 6) is -1.76. The molecule has 4 N–H and O–H groups in total. The van der Waals surface area contributed by atoms with E-state index in [4.69, 9.17) is 29.4 Å². The fourth-order valence-corrected chi connectivity index (χ4v) is 7.91. The van der Waals surface area contributed by atoms with E-state index in [1.165, 1.54) is 186 Å². The Morgan fingerprint density at radius 3 is 1.16 bits per heavy atom. The molecular formula is C46H92NO9P. The van der Waals surface area contributed by atoms with E-state index in [2.05, 4.69) is 13.8 Å². The van der Waals surface area contributed by atoms with Crippen LogP contribution in [0.3, 0.4) is 0 Å². The lowest BCUT2D eigenvalue weighted by atomic mass is 10.0. The first-order valence-electron chi connectivity index (χ1n) is 24.1. The number of esters is 1. The van der Waals surface area contributed by atoms with Crippen LogP contribution in [0.25, 0.3) is 0 Å². The molecule has 340 valence electrons. The Hall–Kier alpha value is -1.03. The van der Waals surface area contributed by atoms with Gasteiger partial charge < -0.3 is 25.2 Å². The van der Waals surface area contributed by atoms with Crippen molar-refractivity contribution in [2.45, 2.75) is 257 Å². The second-order valence-electron chi connectivity index (χ2n) is 16.6. The van der Waals surface area contributed by atoms with Crippen molar-refractivity contribution in [1.82, 2.24) is 0 Å². The number of nitrogens with two attached hydrogens (primary N) is 1. The van der Waals surface area contributed by atoms with Crippen molar-refractivity contribution in [3.05, 3.63) is 0 Å². The maximum absolute atomic E-state index is 12.6. The fourth-order valence-electron chi connectivity index (χ4n) is 7.14. The minimum absolute atomic E-state index is 0.0259. The van der Waals surface area contributed by atoms with Crippen molar-refractivity contribution >= 4 is 19.8 Å². The van der Waals surface area contributed by atoms with Crippen LogP contribution in [0.2, 0.25) is 0 Å². The summed E-state index contributed by atoms with van der Waals surface area (Å²) in [4.78, 5) is 33.5. The van der Waals surface area contributed by atoms with Gasteiger partial charge in [-0.15, -0.1) is 0 Å². The van der Waals surface area contributed by atoms with Crippen molar-refractivity contribution in [2.75, 3.05) is 26.4 Å². The Morgan fingerprint density at radius 2 is 0.807 bits per heavy atom. The summed E-state index contributed by atoms with van der Waals surface area (Å²) >= 11 is 0. The predicted octanol–water partition coefficient (Wildman–Crippen LogP) is 13.5. The van der Waals surface area contributed by atoms with Gasteiger partial charge in [0.2, 0.25) is 0 Å². The summed E-state index contributed by atoms with van der Waals surface area (Å²) in [5, 5.41) is 8.90. The van der Waals surface area contributed by atoms with Gasteiger partial charge in [-0.05, 0) is 12.8 Å². The molecule has 3 unspecified atom stereocenters. The highest BCUT2D eigenvalue weighted by atomic mass is 31.2. The van der Waals surface area contributed by atoms with Gasteiger partial charge in [0.05, 0.1) is 19.8 Å². The van der Waals surface area contributed by atoms with Gasteiger partial charge in [0.15, 0.2) is 0 Å². The number of aliphatic carboxylic acids is 1. The smallest absolute Gasteiger partial charge is 0.472 e. The SMILES string of the molecule is CCCCCCCCCCCCCCCCCCCCCCCCCOCC(COP(=O)(O)OCC(N)C(=O)O)OC(=O)CCCCCCCCCCCCCC. The summed E-state index contributed by atoms with van der Waals surface area (Å²) in [5.41, 5.74) is 5.36. The summed E-state index contributed by atoms with van der Waals surface area (Å²) < 4.78 is 33.4. The average molecular weight is 834 g/mol. The Labute approximate surface area is 350 Å². The quantitative estimate of drug-likeness (QED) is 0.0306. The molecule has 0 fully saturated rings. The first-order chi connectivity index (χ1) is 27.7. The molecule has 0 heterocycles. The van der Waals surface area contributed by atoms with E-state index in [1.807, 2.05) is 0 Å². The Morgan fingerprint density at radius 1 is 0.491 bits per heavy atom. The summed E-state index contributed by atoms with van der Waals surface area (Å²) in [6.45, 7) is 3.93. The zero-order valence-corrected chi connectivity index (χ0v) is 38.1. The molecule has 0 saturated carbocycles. The largest absolute Gasteiger partial charge is 0.480 e. The van der Waals surface area contributed by atoms with Gasteiger partial charge in [-0.25, -0.2) is 4.57 Å². The highest BCUT2D eigenvalue weighted by Crippen LogP contribution is 2.43. The molecule has 0 radical (unpaired) electrons. The molecule has 0 aromatic heterocycles. The molecule has 0 aliphatic carbocycles. The van der Waals surface area contributed by atoms with Gasteiger partial charge in [0, 0.05) is 13.0 Å². The number of rotatable bonds is 47. The second-order valence-corrected chi connectivity index (χ2v) is 18.1. The molecule has 3 atom stereocenters. The van der Waals surface area contributed by atoms with Gasteiger partial charge in [0.1, 0.15) is 12.1 Å². The fraction of sp³-hybridized carbons (Fsp3) is 0.957. The molecular weight excluding hydrogens is 741 g/mol. The average Bonchev–Trinajstić information content (AvgIpc) is 3.19. The van der Waals surface area contributed by atoms with E-state index >= 15 is 0 Å². The molecule has 0 spiro atoms. The molecule has 0 aromatic carbocycles. The molecule has 57 heavy (non-hydrogen) atoms. The highest BCUT2D eigenvalue weighted by Gasteiger charge is 2.27. The Bertz CT molecular complexity index is 924. The third-order valence-electron chi connectivity index (χ3n) is 10.9. The lowest BCUT2D eigenvalue weighted by molar-refractivity contribution is -0.154. The zero-order valence-electron chi connectivity index (χ0n) is 37.2. The lowest BCUT2D eigenvalue weighted by Crippen LogP contribution is -2.34. The summed E-state index contributed by atoms with van der Waals surface area (Å²) in [7, 11) is -4.61. The van der Waals surface area contributed by atoms with Crippen LogP contribution in [0.15, 0.2) is 0 Å². The molecule has 0 aliphatic heterocycles. The zero-order chi connectivity index (χ0) is 41.9. The molecule has 0 bridgehead atoms. The highest BCUT2D eigenvalue weighted by molar-refractivity contribution is 7.47. The van der Waals surface area contributed by atoms with Crippen LogP contribution in [0.1, 0.15) is 245 Å². The molecule has 0 saturated heterocycles. The number of carboxylic acids is 1. The third kappa shape index (κ3) is 42.9. The van der Waals surface area contributed by atoms with E-state index in [0.717, 1.165) is 38.5 Å². The first kappa shape index (κ1) is 56.0. The van der Waals surface area contributed by atoms with Crippen LogP contribution in [0.4, 0.5) is 0 Å². The maximum Gasteiger partial charge on any atom is 0.472 e. The van der Waals surface area contributed by atoms with E-state index < -0.39 is 45.1 Å². The number of carboxylic acid groups (broad SMARTS) is 1. The van der Waals surface area contributed by atoms with Crippen LogP contribution >= 0.6 is 7.82 Å². The molecule has 11 heteroatoms. The van der Waals surface area contributed by atoms with Crippen molar-refractivity contribution in [2.24, 2.45) is 5.73 Å². The van der Waals surface area contributed by atoms with E-state index in [9.17, 15) is 19.0 Å². The number of phosphoric ester groups is 1. The number of carbonyl (C=O) groups excluding carboxylic acids is 1. The normalized spacial score (nSPS) is 13.8. The second kappa shape index (κ2) is 43.1. The molecule has 0 aromatic rings. The van der Waals surface area contributed by atoms with Gasteiger partial charge >= 0.3 is 19.8 Å². The maximum atomic E-state index is 12.6. The summed E-state index contributed by atoms with van der Waals surface area (Å²) in [6, 6.07) is -1.47. The minimum Gasteiger partial charge on any atom is -0.480 e. The van der Waals surface area contributed by atoms with Crippen LogP contribution in [0, 0.1) is 0 Å². The number of hydrogen-bond acceptors (Lipinski definition) is 8. The van der Waals surface area contributed by atoms with Gasteiger partial charge in [-0.3, -0.25) is 18.6 Å². The number of unbranched alkanes of at least 4 members (excludes halogenated alkanes) is 33. The van der Waals surface area contributed by atoms with Gasteiger partial charge in [-0.2, -0.15) is 0 Å². The van der Waals surface area contributed by atoms with E-state index in [0.29, 0.717) is 6.61 Å². The van der Waals surface area contributed by atoms with Crippen molar-refractivity contribution in [3.8, 4) is 0 Å². The van der Waals surface area contributed by atoms with Crippen molar-refractivity contribution < 1.29 is 42.7 Å².